The number of imide groups is 1. The van der Waals surface area contributed by atoms with Gasteiger partial charge >= 0.3 is 6.03 Å². The highest BCUT2D eigenvalue weighted by Gasteiger charge is 2.40. The fraction of sp³-hybridized carbons (Fsp3) is 0.812. The van der Waals surface area contributed by atoms with Crippen LogP contribution in [0.2, 0.25) is 0 Å². The highest BCUT2D eigenvalue weighted by molar-refractivity contribution is 6.03. The summed E-state index contributed by atoms with van der Waals surface area (Å²) in [6, 6.07) is 0.0369. The summed E-state index contributed by atoms with van der Waals surface area (Å²) in [4.78, 5) is 40.9. The molecule has 2 aliphatic heterocycles. The Morgan fingerprint density at radius 2 is 2.12 bits per heavy atom. The monoisotopic (exact) mass is 338 g/mol. The number of methoxy groups -OCH3 is 1. The van der Waals surface area contributed by atoms with Crippen molar-refractivity contribution in [2.24, 2.45) is 0 Å². The van der Waals surface area contributed by atoms with Gasteiger partial charge in [0.15, 0.2) is 0 Å². The molecule has 134 valence electrons. The molecule has 1 saturated carbocycles. The molecule has 8 heteroatoms. The Balaban J connectivity index is 1.59. The number of rotatable bonds is 5. The average molecular weight is 338 g/mol. The standard InChI is InChI=1S/C16H26N4O4/c1-18(15(22)10-20-9-14(21)17-16(20)23)12-4-3-5-13(12)19-7-6-11(8-19)24-2/h11-13H,3-10H2,1-2H3,(H,17,21,23)/t11?,12-,13+/m1/s1. The Bertz CT molecular complexity index is 526. The Morgan fingerprint density at radius 3 is 2.75 bits per heavy atom. The molecule has 0 aromatic rings. The molecular weight excluding hydrogens is 312 g/mol. The SMILES string of the molecule is COC1CCN([C@H]2CCC[C@H]2N(C)C(=O)CN2CC(=O)NC2=O)C1. The van der Waals surface area contributed by atoms with Gasteiger partial charge in [-0.15, -0.1) is 0 Å². The van der Waals surface area contributed by atoms with Gasteiger partial charge < -0.3 is 14.5 Å². The van der Waals surface area contributed by atoms with E-state index in [4.69, 9.17) is 4.74 Å². The van der Waals surface area contributed by atoms with Crippen LogP contribution in [0.15, 0.2) is 0 Å². The van der Waals surface area contributed by atoms with Crippen molar-refractivity contribution >= 4 is 17.8 Å². The summed E-state index contributed by atoms with van der Waals surface area (Å²) in [5.74, 6) is -0.462. The van der Waals surface area contributed by atoms with Gasteiger partial charge in [-0.2, -0.15) is 0 Å². The van der Waals surface area contributed by atoms with Gasteiger partial charge in [-0.3, -0.25) is 19.8 Å². The van der Waals surface area contributed by atoms with Gasteiger partial charge in [0.05, 0.1) is 6.10 Å². The van der Waals surface area contributed by atoms with Crippen molar-refractivity contribution in [1.82, 2.24) is 20.0 Å². The molecule has 3 atom stereocenters. The van der Waals surface area contributed by atoms with Gasteiger partial charge in [-0.05, 0) is 25.7 Å². The third-order valence-electron chi connectivity index (χ3n) is 5.51. The summed E-state index contributed by atoms with van der Waals surface area (Å²) in [5.41, 5.74) is 0. The smallest absolute Gasteiger partial charge is 0.325 e. The lowest BCUT2D eigenvalue weighted by molar-refractivity contribution is -0.133. The highest BCUT2D eigenvalue weighted by Crippen LogP contribution is 2.30. The van der Waals surface area contributed by atoms with Gasteiger partial charge in [0.1, 0.15) is 13.1 Å². The first-order valence-electron chi connectivity index (χ1n) is 8.61. The van der Waals surface area contributed by atoms with Crippen molar-refractivity contribution in [1.29, 1.82) is 0 Å². The van der Waals surface area contributed by atoms with E-state index in [1.54, 1.807) is 12.0 Å². The van der Waals surface area contributed by atoms with Crippen LogP contribution in [-0.4, -0.2) is 91.1 Å². The first-order chi connectivity index (χ1) is 11.5. The summed E-state index contributed by atoms with van der Waals surface area (Å²) in [5, 5.41) is 2.20. The zero-order chi connectivity index (χ0) is 17.3. The number of likely N-dealkylation sites (N-methyl/N-ethyl adjacent to an activating group) is 1. The predicted molar refractivity (Wildman–Crippen MR) is 86.3 cm³/mol. The lowest BCUT2D eigenvalue weighted by Gasteiger charge is -2.35. The molecule has 2 heterocycles. The molecule has 0 aromatic heterocycles. The fourth-order valence-electron chi connectivity index (χ4n) is 4.12. The minimum Gasteiger partial charge on any atom is -0.380 e. The van der Waals surface area contributed by atoms with Crippen LogP contribution in [0.25, 0.3) is 0 Å². The summed E-state index contributed by atoms with van der Waals surface area (Å²) in [7, 11) is 3.56. The number of carbonyl (C=O) groups excluding carboxylic acids is 3. The highest BCUT2D eigenvalue weighted by atomic mass is 16.5. The van der Waals surface area contributed by atoms with Crippen LogP contribution in [0.1, 0.15) is 25.7 Å². The Labute approximate surface area is 142 Å². The van der Waals surface area contributed by atoms with Crippen molar-refractivity contribution in [3.05, 3.63) is 0 Å². The van der Waals surface area contributed by atoms with E-state index in [0.29, 0.717) is 6.04 Å². The van der Waals surface area contributed by atoms with Crippen LogP contribution in [0.4, 0.5) is 4.79 Å². The number of likely N-dealkylation sites (tertiary alicyclic amines) is 1. The molecule has 24 heavy (non-hydrogen) atoms. The first-order valence-corrected chi connectivity index (χ1v) is 8.61. The van der Waals surface area contributed by atoms with E-state index in [1.165, 1.54) is 4.90 Å². The molecule has 3 fully saturated rings. The second-order valence-corrected chi connectivity index (χ2v) is 6.92. The van der Waals surface area contributed by atoms with E-state index in [9.17, 15) is 14.4 Å². The molecule has 0 radical (unpaired) electrons. The topological polar surface area (TPSA) is 82.2 Å². The molecule has 3 aliphatic rings. The maximum Gasteiger partial charge on any atom is 0.325 e. The third-order valence-corrected chi connectivity index (χ3v) is 5.51. The largest absolute Gasteiger partial charge is 0.380 e. The molecule has 1 unspecified atom stereocenters. The number of ether oxygens (including phenoxy) is 1. The molecule has 3 rings (SSSR count). The lowest BCUT2D eigenvalue weighted by atomic mass is 10.1. The first kappa shape index (κ1) is 17.2. The number of hydrogen-bond donors (Lipinski definition) is 1. The van der Waals surface area contributed by atoms with Crippen molar-refractivity contribution in [2.45, 2.75) is 43.9 Å². The molecular formula is C16H26N4O4. The summed E-state index contributed by atoms with van der Waals surface area (Å²) < 4.78 is 5.45. The van der Waals surface area contributed by atoms with Gasteiger partial charge in [-0.1, -0.05) is 0 Å². The number of nitrogens with zero attached hydrogens (tertiary/aromatic N) is 3. The fourth-order valence-corrected chi connectivity index (χ4v) is 4.12. The molecule has 0 bridgehead atoms. The summed E-state index contributed by atoms with van der Waals surface area (Å²) >= 11 is 0. The second-order valence-electron chi connectivity index (χ2n) is 6.92. The quantitative estimate of drug-likeness (QED) is 0.692. The molecule has 2 saturated heterocycles. The molecule has 0 aromatic carbocycles. The molecule has 1 aliphatic carbocycles. The van der Waals surface area contributed by atoms with Crippen molar-refractivity contribution in [3.8, 4) is 0 Å². The molecule has 1 N–H and O–H groups in total. The second kappa shape index (κ2) is 7.06. The van der Waals surface area contributed by atoms with Crippen LogP contribution < -0.4 is 5.32 Å². The molecule has 4 amide bonds. The van der Waals surface area contributed by atoms with Crippen LogP contribution >= 0.6 is 0 Å². The van der Waals surface area contributed by atoms with Gasteiger partial charge in [0, 0.05) is 39.3 Å². The Hall–Kier alpha value is -1.67. The zero-order valence-corrected chi connectivity index (χ0v) is 14.4. The van der Waals surface area contributed by atoms with Crippen LogP contribution in [0.3, 0.4) is 0 Å². The Kier molecular flexibility index (Phi) is 5.05. The van der Waals surface area contributed by atoms with Crippen molar-refractivity contribution in [3.63, 3.8) is 0 Å². The van der Waals surface area contributed by atoms with E-state index in [0.717, 1.165) is 38.8 Å². The van der Waals surface area contributed by atoms with Crippen LogP contribution in [0, 0.1) is 0 Å². The van der Waals surface area contributed by atoms with Gasteiger partial charge in [-0.25, -0.2) is 4.79 Å². The summed E-state index contributed by atoms with van der Waals surface area (Å²) in [6.07, 6.45) is 4.48. The van der Waals surface area contributed by atoms with Crippen molar-refractivity contribution in [2.75, 3.05) is 40.3 Å². The number of nitrogens with one attached hydrogen (secondary N) is 1. The van der Waals surface area contributed by atoms with Crippen LogP contribution in [-0.2, 0) is 14.3 Å². The van der Waals surface area contributed by atoms with E-state index in [1.807, 2.05) is 7.05 Å². The predicted octanol–water partition coefficient (Wildman–Crippen LogP) is -0.362. The Morgan fingerprint density at radius 1 is 1.33 bits per heavy atom. The van der Waals surface area contributed by atoms with Gasteiger partial charge in [0.25, 0.3) is 0 Å². The normalized spacial score (nSPS) is 30.9. The van der Waals surface area contributed by atoms with E-state index >= 15 is 0 Å². The minimum atomic E-state index is -0.479. The number of hydrogen-bond acceptors (Lipinski definition) is 5. The molecule has 0 spiro atoms. The summed E-state index contributed by atoms with van der Waals surface area (Å²) in [6.45, 7) is 1.85. The average Bonchev–Trinajstić information content (AvgIpc) is 3.26. The zero-order valence-electron chi connectivity index (χ0n) is 14.4. The molecule has 8 nitrogen and oxygen atoms in total. The van der Waals surface area contributed by atoms with E-state index in [-0.39, 0.29) is 37.0 Å². The van der Waals surface area contributed by atoms with Crippen molar-refractivity contribution < 1.29 is 19.1 Å². The number of carbonyl (C=O) groups is 3. The number of amides is 4. The lowest BCUT2D eigenvalue weighted by Crippen LogP contribution is -2.51. The van der Waals surface area contributed by atoms with Gasteiger partial charge in [0.2, 0.25) is 11.8 Å². The third kappa shape index (κ3) is 3.39. The maximum atomic E-state index is 12.6. The minimum absolute atomic E-state index is 0.0336. The van der Waals surface area contributed by atoms with Crippen LogP contribution in [0.5, 0.6) is 0 Å². The van der Waals surface area contributed by atoms with E-state index in [2.05, 4.69) is 10.2 Å². The number of urea groups is 1. The van der Waals surface area contributed by atoms with E-state index < -0.39 is 6.03 Å². The maximum absolute atomic E-state index is 12.6.